The average molecular weight is 199 g/mol. The zero-order chi connectivity index (χ0) is 9.05. The summed E-state index contributed by atoms with van der Waals surface area (Å²) >= 11 is 1.69. The van der Waals surface area contributed by atoms with Gasteiger partial charge in [0.1, 0.15) is 4.93 Å². The Labute approximate surface area is 83.7 Å². The first-order valence-corrected chi connectivity index (χ1v) is 6.44. The van der Waals surface area contributed by atoms with E-state index in [4.69, 9.17) is 0 Å². The summed E-state index contributed by atoms with van der Waals surface area (Å²) in [5, 5.41) is 10.5. The molecule has 0 aromatic rings. The van der Waals surface area contributed by atoms with Crippen LogP contribution >= 0.6 is 11.8 Å². The summed E-state index contributed by atoms with van der Waals surface area (Å²) in [7, 11) is 0. The second-order valence-corrected chi connectivity index (χ2v) is 5.97. The van der Waals surface area contributed by atoms with Gasteiger partial charge < -0.3 is 10.0 Å². The maximum absolute atomic E-state index is 10.5. The Morgan fingerprint density at radius 3 is 2.31 bits per heavy atom. The minimum atomic E-state index is -0.382. The largest absolute Gasteiger partial charge is 0.379 e. The quantitative estimate of drug-likeness (QED) is 0.638. The van der Waals surface area contributed by atoms with Crippen molar-refractivity contribution >= 4 is 11.8 Å². The van der Waals surface area contributed by atoms with Crippen LogP contribution in [0.1, 0.15) is 12.8 Å². The van der Waals surface area contributed by atoms with Crippen molar-refractivity contribution in [2.24, 2.45) is 17.8 Å². The smallest absolute Gasteiger partial charge is 0.118 e. The SMILES string of the molecule is CSC1(O)C2CC3CC1CN(C3)C2. The Balaban J connectivity index is 1.93. The lowest BCUT2D eigenvalue weighted by Gasteiger charge is -2.59. The molecule has 1 aliphatic carbocycles. The minimum absolute atomic E-state index is 0.382. The van der Waals surface area contributed by atoms with Gasteiger partial charge in [-0.1, -0.05) is 0 Å². The second kappa shape index (κ2) is 2.65. The Bertz CT molecular complexity index is 203. The van der Waals surface area contributed by atoms with Gasteiger partial charge in [-0.2, -0.15) is 0 Å². The summed E-state index contributed by atoms with van der Waals surface area (Å²) in [6.07, 6.45) is 4.60. The molecule has 0 amide bonds. The zero-order valence-corrected chi connectivity index (χ0v) is 8.89. The van der Waals surface area contributed by atoms with Crippen molar-refractivity contribution in [1.29, 1.82) is 0 Å². The predicted octanol–water partition coefficient (Wildman–Crippen LogP) is 1.01. The van der Waals surface area contributed by atoms with Crippen molar-refractivity contribution in [3.63, 3.8) is 0 Å². The number of piperidine rings is 3. The molecule has 4 fully saturated rings. The number of hydrogen-bond acceptors (Lipinski definition) is 3. The van der Waals surface area contributed by atoms with Crippen LogP contribution in [-0.4, -0.2) is 40.8 Å². The molecule has 13 heavy (non-hydrogen) atoms. The molecular formula is C10H17NOS. The topological polar surface area (TPSA) is 23.5 Å². The highest BCUT2D eigenvalue weighted by Gasteiger charge is 2.55. The Morgan fingerprint density at radius 1 is 1.23 bits per heavy atom. The summed E-state index contributed by atoms with van der Waals surface area (Å²) in [5.41, 5.74) is 0. The zero-order valence-electron chi connectivity index (χ0n) is 8.07. The molecule has 3 aliphatic heterocycles. The van der Waals surface area contributed by atoms with Crippen molar-refractivity contribution in [3.05, 3.63) is 0 Å². The first-order chi connectivity index (χ1) is 6.22. The van der Waals surface area contributed by atoms with Crippen LogP contribution in [0.3, 0.4) is 0 Å². The molecule has 4 bridgehead atoms. The molecule has 3 saturated heterocycles. The molecule has 2 unspecified atom stereocenters. The van der Waals surface area contributed by atoms with E-state index in [1.807, 2.05) is 0 Å². The van der Waals surface area contributed by atoms with Gasteiger partial charge in [0.05, 0.1) is 0 Å². The van der Waals surface area contributed by atoms with Gasteiger partial charge in [-0.3, -0.25) is 0 Å². The molecule has 0 aromatic carbocycles. The van der Waals surface area contributed by atoms with Crippen LogP contribution in [-0.2, 0) is 0 Å². The Morgan fingerprint density at radius 2 is 1.85 bits per heavy atom. The third-order valence-corrected chi connectivity index (χ3v) is 5.53. The van der Waals surface area contributed by atoms with Crippen molar-refractivity contribution in [3.8, 4) is 0 Å². The van der Waals surface area contributed by atoms with E-state index in [-0.39, 0.29) is 4.93 Å². The molecule has 74 valence electrons. The lowest BCUT2D eigenvalue weighted by molar-refractivity contribution is -0.130. The highest BCUT2D eigenvalue weighted by Crippen LogP contribution is 2.53. The maximum Gasteiger partial charge on any atom is 0.118 e. The molecule has 0 radical (unpaired) electrons. The van der Waals surface area contributed by atoms with E-state index >= 15 is 0 Å². The van der Waals surface area contributed by atoms with E-state index in [1.54, 1.807) is 11.8 Å². The molecule has 4 aliphatic rings. The molecule has 3 heterocycles. The van der Waals surface area contributed by atoms with Crippen LogP contribution in [0.2, 0.25) is 0 Å². The summed E-state index contributed by atoms with van der Waals surface area (Å²) in [4.78, 5) is 2.17. The molecule has 2 nitrogen and oxygen atoms in total. The van der Waals surface area contributed by atoms with Crippen molar-refractivity contribution in [2.45, 2.75) is 17.8 Å². The van der Waals surface area contributed by atoms with Gasteiger partial charge in [-0.15, -0.1) is 11.8 Å². The molecule has 0 aromatic heterocycles. The summed E-state index contributed by atoms with van der Waals surface area (Å²) in [6, 6.07) is 0. The molecule has 4 rings (SSSR count). The van der Waals surface area contributed by atoms with Gasteiger partial charge in [-0.05, 0) is 25.0 Å². The number of thioether (sulfide) groups is 1. The molecular weight excluding hydrogens is 182 g/mol. The third-order valence-electron chi connectivity index (χ3n) is 4.21. The number of aliphatic hydroxyl groups is 1. The van der Waals surface area contributed by atoms with Gasteiger partial charge in [0.25, 0.3) is 0 Å². The van der Waals surface area contributed by atoms with Crippen LogP contribution in [0.15, 0.2) is 0 Å². The first kappa shape index (κ1) is 8.57. The molecule has 0 spiro atoms. The summed E-state index contributed by atoms with van der Waals surface area (Å²) in [5.74, 6) is 1.99. The number of rotatable bonds is 1. The second-order valence-electron chi connectivity index (χ2n) is 4.91. The van der Waals surface area contributed by atoms with Gasteiger partial charge in [0.2, 0.25) is 0 Å². The monoisotopic (exact) mass is 199 g/mol. The van der Waals surface area contributed by atoms with Crippen molar-refractivity contribution < 1.29 is 5.11 Å². The molecule has 1 N–H and O–H groups in total. The molecule has 1 saturated carbocycles. The number of hydrogen-bond donors (Lipinski definition) is 1. The number of nitrogens with zero attached hydrogens (tertiary/aromatic N) is 1. The maximum atomic E-state index is 10.5. The van der Waals surface area contributed by atoms with Crippen LogP contribution in [0, 0.1) is 17.8 Å². The average Bonchev–Trinajstić information content (AvgIpc) is 2.13. The van der Waals surface area contributed by atoms with Crippen LogP contribution in [0.25, 0.3) is 0 Å². The van der Waals surface area contributed by atoms with Crippen LogP contribution < -0.4 is 0 Å². The van der Waals surface area contributed by atoms with Gasteiger partial charge in [0, 0.05) is 31.5 Å². The first-order valence-electron chi connectivity index (χ1n) is 5.22. The highest BCUT2D eigenvalue weighted by molar-refractivity contribution is 7.99. The fraction of sp³-hybridized carbons (Fsp3) is 1.00. The highest BCUT2D eigenvalue weighted by atomic mass is 32.2. The minimum Gasteiger partial charge on any atom is -0.379 e. The predicted molar refractivity (Wildman–Crippen MR) is 54.6 cm³/mol. The van der Waals surface area contributed by atoms with E-state index in [0.29, 0.717) is 11.8 Å². The molecule has 2 atom stereocenters. The van der Waals surface area contributed by atoms with E-state index in [1.165, 1.54) is 19.4 Å². The summed E-state index contributed by atoms with van der Waals surface area (Å²) < 4.78 is 0. The third kappa shape index (κ3) is 1.04. The standard InChI is InChI=1S/C10H17NOS/c1-13-10(12)8-2-7-3-9(10)6-11(4-7)5-8/h7-9,12H,2-6H2,1H3. The van der Waals surface area contributed by atoms with E-state index < -0.39 is 0 Å². The van der Waals surface area contributed by atoms with E-state index in [2.05, 4.69) is 11.2 Å². The Hall–Kier alpha value is 0.270. The summed E-state index contributed by atoms with van der Waals surface area (Å²) in [6.45, 7) is 3.59. The normalized spacial score (nSPS) is 58.6. The van der Waals surface area contributed by atoms with E-state index in [0.717, 1.165) is 19.0 Å². The lowest BCUT2D eigenvalue weighted by Crippen LogP contribution is -2.65. The van der Waals surface area contributed by atoms with Crippen molar-refractivity contribution in [2.75, 3.05) is 25.9 Å². The molecule has 3 heteroatoms. The van der Waals surface area contributed by atoms with E-state index in [9.17, 15) is 5.11 Å². The van der Waals surface area contributed by atoms with Crippen LogP contribution in [0.4, 0.5) is 0 Å². The lowest BCUT2D eigenvalue weighted by atomic mass is 9.66. The van der Waals surface area contributed by atoms with Gasteiger partial charge in [0.15, 0.2) is 0 Å². The van der Waals surface area contributed by atoms with Gasteiger partial charge >= 0.3 is 0 Å². The van der Waals surface area contributed by atoms with Crippen LogP contribution in [0.5, 0.6) is 0 Å². The van der Waals surface area contributed by atoms with Crippen molar-refractivity contribution in [1.82, 2.24) is 4.90 Å². The Kier molecular flexibility index (Phi) is 1.74. The fourth-order valence-corrected chi connectivity index (χ4v) is 4.69. The fourth-order valence-electron chi connectivity index (χ4n) is 3.68. The van der Waals surface area contributed by atoms with Gasteiger partial charge in [-0.25, -0.2) is 0 Å².